The Morgan fingerprint density at radius 3 is 2.16 bits per heavy atom. The highest BCUT2D eigenvalue weighted by molar-refractivity contribution is 6.45. The summed E-state index contributed by atoms with van der Waals surface area (Å²) in [5.74, 6) is 0. The number of aryl methyl sites for hydroxylation is 1. The number of hydrogen-bond donors (Lipinski definition) is 0. The maximum absolute atomic E-state index is 7.54. The summed E-state index contributed by atoms with van der Waals surface area (Å²) in [6, 6.07) is 56.6. The van der Waals surface area contributed by atoms with Crippen molar-refractivity contribution in [2.45, 2.75) is 32.7 Å². The Balaban J connectivity index is 1.22. The summed E-state index contributed by atoms with van der Waals surface area (Å²) in [5, 5.41) is 6.52. The molecular formula is C53H37BN2O2. The van der Waals surface area contributed by atoms with Crippen LogP contribution in [0.2, 0.25) is 0 Å². The molecule has 1 aliphatic heterocycles. The highest BCUT2D eigenvalue weighted by Crippen LogP contribution is 2.52. The highest BCUT2D eigenvalue weighted by atomic mass is 16.3. The molecule has 0 fully saturated rings. The van der Waals surface area contributed by atoms with Gasteiger partial charge in [-0.25, -0.2) is 0 Å². The molecule has 5 heteroatoms. The van der Waals surface area contributed by atoms with Gasteiger partial charge < -0.3 is 18.3 Å². The summed E-state index contributed by atoms with van der Waals surface area (Å²) in [6.07, 6.45) is 3.29. The minimum Gasteiger partial charge on any atom is -0.456 e. The van der Waals surface area contributed by atoms with Crippen molar-refractivity contribution in [2.75, 3.05) is 4.90 Å². The third kappa shape index (κ3) is 4.77. The second-order valence-electron chi connectivity index (χ2n) is 15.7. The number of para-hydroxylation sites is 3. The molecule has 0 atom stereocenters. The molecule has 58 heavy (non-hydrogen) atoms. The molecule has 0 N–H and O–H groups in total. The van der Waals surface area contributed by atoms with Crippen LogP contribution in [-0.4, -0.2) is 12.4 Å². The fourth-order valence-electron chi connectivity index (χ4n) is 9.73. The van der Waals surface area contributed by atoms with E-state index in [1.54, 1.807) is 0 Å². The van der Waals surface area contributed by atoms with Gasteiger partial charge in [0.1, 0.15) is 24.6 Å². The van der Waals surface area contributed by atoms with Gasteiger partial charge in [0.25, 0.3) is 0 Å². The monoisotopic (exact) mass is 744 g/mol. The Bertz CT molecular complexity index is 3440. The molecular weight excluding hydrogens is 707 g/mol. The molecule has 11 aromatic rings. The quantitative estimate of drug-likeness (QED) is 0.152. The van der Waals surface area contributed by atoms with Crippen molar-refractivity contribution in [1.29, 1.82) is 0 Å². The van der Waals surface area contributed by atoms with Crippen molar-refractivity contribution in [3.8, 4) is 22.3 Å². The summed E-state index contributed by atoms with van der Waals surface area (Å²) in [4.78, 5) is 2.46. The van der Waals surface area contributed by atoms with Crippen molar-refractivity contribution in [1.82, 2.24) is 4.57 Å². The molecule has 4 heterocycles. The van der Waals surface area contributed by atoms with Gasteiger partial charge in [-0.1, -0.05) is 122 Å². The molecule has 4 nitrogen and oxygen atoms in total. The van der Waals surface area contributed by atoms with Crippen LogP contribution in [0.25, 0.3) is 87.9 Å². The van der Waals surface area contributed by atoms with Crippen LogP contribution in [-0.2, 0) is 13.0 Å². The van der Waals surface area contributed by atoms with Gasteiger partial charge in [-0.15, -0.1) is 0 Å². The average molecular weight is 745 g/mol. The first-order chi connectivity index (χ1) is 28.7. The van der Waals surface area contributed by atoms with Gasteiger partial charge in [-0.2, -0.15) is 0 Å². The lowest BCUT2D eigenvalue weighted by Gasteiger charge is -2.35. The summed E-state index contributed by atoms with van der Waals surface area (Å²) in [7, 11) is 7.54. The predicted molar refractivity (Wildman–Crippen MR) is 243 cm³/mol. The minimum atomic E-state index is 0.651. The van der Waals surface area contributed by atoms with Crippen LogP contribution < -0.4 is 10.4 Å². The van der Waals surface area contributed by atoms with E-state index >= 15 is 0 Å². The Kier molecular flexibility index (Phi) is 7.31. The topological polar surface area (TPSA) is 34.5 Å². The number of furan rings is 2. The zero-order valence-electron chi connectivity index (χ0n) is 32.1. The zero-order chi connectivity index (χ0) is 38.5. The van der Waals surface area contributed by atoms with Crippen LogP contribution in [0, 0.1) is 0 Å². The van der Waals surface area contributed by atoms with E-state index in [2.05, 4.69) is 156 Å². The molecule has 0 unspecified atom stereocenters. The summed E-state index contributed by atoms with van der Waals surface area (Å²) < 4.78 is 15.6. The number of unbranched alkanes of at least 4 members (excludes halogenated alkanes) is 1. The Morgan fingerprint density at radius 2 is 1.31 bits per heavy atom. The summed E-state index contributed by atoms with van der Waals surface area (Å²) in [6.45, 7) is 2.91. The SMILES string of the molecule is [B]c1c(N(c2ccc(CCCC)cc2-c2ccccc2)c2c3c(cc4ccccc24)-c2cccc4c5oc6ccccc6c5n(c24)C3)ccc2oc3ccccc3c12. The lowest BCUT2D eigenvalue weighted by molar-refractivity contribution is 0.669. The molecule has 8 aromatic carbocycles. The van der Waals surface area contributed by atoms with Crippen molar-refractivity contribution in [2.24, 2.45) is 0 Å². The fraction of sp³-hybridized carbons (Fsp3) is 0.0943. The number of hydrogen-bond acceptors (Lipinski definition) is 3. The highest BCUT2D eigenvalue weighted by Gasteiger charge is 2.32. The van der Waals surface area contributed by atoms with E-state index in [1.165, 1.54) is 33.2 Å². The largest absolute Gasteiger partial charge is 0.456 e. The van der Waals surface area contributed by atoms with Crippen LogP contribution in [0.1, 0.15) is 30.9 Å². The van der Waals surface area contributed by atoms with Crippen LogP contribution in [0.4, 0.5) is 17.1 Å². The number of nitrogens with zero attached hydrogens (tertiary/aromatic N) is 2. The van der Waals surface area contributed by atoms with Crippen LogP contribution in [0.5, 0.6) is 0 Å². The van der Waals surface area contributed by atoms with E-state index in [0.717, 1.165) is 102 Å². The molecule has 274 valence electrons. The predicted octanol–water partition coefficient (Wildman–Crippen LogP) is 13.9. The Morgan fingerprint density at radius 1 is 0.586 bits per heavy atom. The number of anilines is 3. The smallest absolute Gasteiger partial charge is 0.161 e. The second kappa shape index (κ2) is 12.8. The van der Waals surface area contributed by atoms with Gasteiger partial charge in [0.2, 0.25) is 0 Å². The maximum atomic E-state index is 7.54. The van der Waals surface area contributed by atoms with E-state index in [1.807, 2.05) is 18.2 Å². The maximum Gasteiger partial charge on any atom is 0.161 e. The molecule has 12 rings (SSSR count). The van der Waals surface area contributed by atoms with E-state index in [-0.39, 0.29) is 0 Å². The minimum absolute atomic E-state index is 0.651. The fourth-order valence-corrected chi connectivity index (χ4v) is 9.73. The molecule has 0 spiro atoms. The number of rotatable bonds is 7. The molecule has 0 saturated heterocycles. The van der Waals surface area contributed by atoms with Gasteiger partial charge in [-0.3, -0.25) is 0 Å². The lowest BCUT2D eigenvalue weighted by Crippen LogP contribution is -2.23. The molecule has 3 aromatic heterocycles. The molecule has 0 amide bonds. The van der Waals surface area contributed by atoms with Crippen molar-refractivity contribution < 1.29 is 8.83 Å². The first kappa shape index (κ1) is 33.2. The van der Waals surface area contributed by atoms with E-state index in [0.29, 0.717) is 12.0 Å². The van der Waals surface area contributed by atoms with Crippen molar-refractivity contribution in [3.05, 3.63) is 169 Å². The molecule has 0 aliphatic carbocycles. The normalized spacial score (nSPS) is 12.4. The first-order valence-electron chi connectivity index (χ1n) is 20.3. The van der Waals surface area contributed by atoms with Crippen LogP contribution in [0.3, 0.4) is 0 Å². The number of fused-ring (bicyclic) bond motifs is 11. The third-order valence-electron chi connectivity index (χ3n) is 12.4. The number of benzene rings is 8. The Hall–Kier alpha value is -6.98. The van der Waals surface area contributed by atoms with Crippen LogP contribution in [0.15, 0.2) is 167 Å². The third-order valence-corrected chi connectivity index (χ3v) is 12.4. The first-order valence-corrected chi connectivity index (χ1v) is 20.3. The zero-order valence-corrected chi connectivity index (χ0v) is 32.1. The van der Waals surface area contributed by atoms with Gasteiger partial charge in [-0.05, 0) is 89.5 Å². The summed E-state index contributed by atoms with van der Waals surface area (Å²) in [5.41, 5.74) is 16.8. The molecule has 0 saturated carbocycles. The molecule has 0 bridgehead atoms. The summed E-state index contributed by atoms with van der Waals surface area (Å²) >= 11 is 0. The van der Waals surface area contributed by atoms with Crippen LogP contribution >= 0.6 is 0 Å². The van der Waals surface area contributed by atoms with Crippen molar-refractivity contribution in [3.63, 3.8) is 0 Å². The van der Waals surface area contributed by atoms with Crippen molar-refractivity contribution >= 4 is 96.1 Å². The number of aromatic nitrogens is 1. The molecule has 2 radical (unpaired) electrons. The van der Waals surface area contributed by atoms with Gasteiger partial charge >= 0.3 is 0 Å². The van der Waals surface area contributed by atoms with Gasteiger partial charge in [0, 0.05) is 49.3 Å². The van der Waals surface area contributed by atoms with Gasteiger partial charge in [0.05, 0.1) is 29.0 Å². The molecule has 1 aliphatic rings. The van der Waals surface area contributed by atoms with E-state index < -0.39 is 0 Å². The lowest BCUT2D eigenvalue weighted by atomic mass is 9.85. The van der Waals surface area contributed by atoms with Gasteiger partial charge in [0.15, 0.2) is 5.58 Å². The van der Waals surface area contributed by atoms with E-state index in [9.17, 15) is 0 Å². The Labute approximate surface area is 336 Å². The standard InChI is InChI=1S/C53H37BN2O2/c1-2-3-14-32-25-26-43(40(29-32)33-15-5-4-6-16-33)56(44-27-28-47-48(49(44)54)37-19-9-11-23-45(37)57-47)51-35-18-8-7-17-34(35)30-41-36-21-13-22-39-50(36)55(31-42(41)51)52-38-20-10-12-24-46(38)58-53(39)52/h4-13,15-30H,2-3,14,31H2,1H3. The van der Waals surface area contributed by atoms with E-state index in [4.69, 9.17) is 16.7 Å². The average Bonchev–Trinajstić information content (AvgIpc) is 3.94. The second-order valence-corrected chi connectivity index (χ2v) is 15.7.